The third-order valence-electron chi connectivity index (χ3n) is 5.80. The van der Waals surface area contributed by atoms with Gasteiger partial charge in [-0.1, -0.05) is 0 Å². The van der Waals surface area contributed by atoms with Crippen molar-refractivity contribution in [3.63, 3.8) is 0 Å². The van der Waals surface area contributed by atoms with E-state index in [1.807, 2.05) is 36.1 Å². The van der Waals surface area contributed by atoms with Crippen LogP contribution < -0.4 is 10.2 Å². The Labute approximate surface area is 194 Å². The number of halogens is 1. The molecule has 0 spiro atoms. The van der Waals surface area contributed by atoms with Crippen LogP contribution in [0.3, 0.4) is 0 Å². The number of likely N-dealkylation sites (N-methyl/N-ethyl adjacent to an activating group) is 1. The van der Waals surface area contributed by atoms with Gasteiger partial charge in [0, 0.05) is 50.4 Å². The molecule has 0 radical (unpaired) electrons. The summed E-state index contributed by atoms with van der Waals surface area (Å²) in [7, 11) is 2.06. The monoisotopic (exact) mass is 504 g/mol. The molecule has 1 aromatic carbocycles. The number of rotatable bonds is 4. The van der Waals surface area contributed by atoms with E-state index in [-0.39, 0.29) is 30.2 Å². The fourth-order valence-electron chi connectivity index (χ4n) is 3.98. The number of nitrogens with one attached hydrogen (secondary N) is 1. The molecule has 4 rings (SSSR count). The van der Waals surface area contributed by atoms with Gasteiger partial charge in [0.2, 0.25) is 5.91 Å². The van der Waals surface area contributed by atoms with Crippen LogP contribution >= 0.6 is 27.3 Å². The van der Waals surface area contributed by atoms with Crippen molar-refractivity contribution in [3.8, 4) is 0 Å². The molecule has 7 nitrogen and oxygen atoms in total. The molecule has 1 atom stereocenters. The lowest BCUT2D eigenvalue weighted by Gasteiger charge is -2.32. The summed E-state index contributed by atoms with van der Waals surface area (Å²) in [6.07, 6.45) is 0.263. The lowest BCUT2D eigenvalue weighted by Crippen LogP contribution is -2.47. The van der Waals surface area contributed by atoms with Gasteiger partial charge in [-0.25, -0.2) is 0 Å². The summed E-state index contributed by atoms with van der Waals surface area (Å²) < 4.78 is 0.892. The highest BCUT2D eigenvalue weighted by molar-refractivity contribution is 9.11. The fourth-order valence-corrected chi connectivity index (χ4v) is 5.27. The topological polar surface area (TPSA) is 73.0 Å². The second-order valence-corrected chi connectivity index (χ2v) is 10.5. The fraction of sp³-hybridized carbons (Fsp3) is 0.409. The van der Waals surface area contributed by atoms with Gasteiger partial charge in [-0.2, -0.15) is 0 Å². The molecular formula is C22H25BrN4O3S. The maximum Gasteiger partial charge on any atom is 0.261 e. The molecule has 164 valence electrons. The smallest absolute Gasteiger partial charge is 0.261 e. The highest BCUT2D eigenvalue weighted by Crippen LogP contribution is 2.26. The lowest BCUT2D eigenvalue weighted by atomic mass is 10.1. The van der Waals surface area contributed by atoms with Crippen LogP contribution in [0, 0.1) is 6.92 Å². The number of thiophene rings is 1. The van der Waals surface area contributed by atoms with Crippen molar-refractivity contribution >= 4 is 50.7 Å². The molecule has 1 N–H and O–H groups in total. The predicted octanol–water partition coefficient (Wildman–Crippen LogP) is 2.74. The number of benzene rings is 1. The average Bonchev–Trinajstić information content (AvgIpc) is 3.33. The standard InChI is InChI=1S/C22H25BrN4O3S/c1-14-11-16(3-4-17(14)22(30)26-9-7-25(2)8-10-26)27-13-15(12-20(27)28)24-21(29)18-5-6-19(23)31-18/h3-6,11,15H,7-10,12-13H2,1-2H3,(H,24,29). The summed E-state index contributed by atoms with van der Waals surface area (Å²) in [5.74, 6) is -0.160. The summed E-state index contributed by atoms with van der Waals surface area (Å²) in [5.41, 5.74) is 2.28. The van der Waals surface area contributed by atoms with E-state index in [1.165, 1.54) is 11.3 Å². The number of aryl methyl sites for hydroxylation is 1. The molecule has 0 saturated carbocycles. The zero-order valence-corrected chi connectivity index (χ0v) is 20.0. The Hall–Kier alpha value is -2.23. The van der Waals surface area contributed by atoms with Crippen LogP contribution in [-0.4, -0.2) is 73.3 Å². The van der Waals surface area contributed by atoms with Crippen molar-refractivity contribution in [3.05, 3.63) is 50.1 Å². The van der Waals surface area contributed by atoms with Crippen molar-refractivity contribution in [2.24, 2.45) is 0 Å². The molecule has 1 unspecified atom stereocenters. The first-order chi connectivity index (χ1) is 14.8. The number of hydrogen-bond donors (Lipinski definition) is 1. The molecule has 9 heteroatoms. The van der Waals surface area contributed by atoms with Crippen molar-refractivity contribution in [2.45, 2.75) is 19.4 Å². The van der Waals surface area contributed by atoms with Gasteiger partial charge < -0.3 is 20.0 Å². The minimum absolute atomic E-state index is 0.0322. The number of anilines is 1. The van der Waals surface area contributed by atoms with E-state index < -0.39 is 0 Å². The van der Waals surface area contributed by atoms with E-state index in [9.17, 15) is 14.4 Å². The van der Waals surface area contributed by atoms with Crippen molar-refractivity contribution in [1.29, 1.82) is 0 Å². The van der Waals surface area contributed by atoms with Gasteiger partial charge in [0.15, 0.2) is 0 Å². The Morgan fingerprint density at radius 2 is 1.87 bits per heavy atom. The molecule has 0 aliphatic carbocycles. The van der Waals surface area contributed by atoms with Gasteiger partial charge in [-0.05, 0) is 65.8 Å². The molecule has 3 amide bonds. The molecule has 31 heavy (non-hydrogen) atoms. The van der Waals surface area contributed by atoms with Crippen LogP contribution in [0.4, 0.5) is 5.69 Å². The van der Waals surface area contributed by atoms with E-state index in [2.05, 4.69) is 33.2 Å². The minimum Gasteiger partial charge on any atom is -0.346 e. The Balaban J connectivity index is 1.42. The average molecular weight is 505 g/mol. The molecule has 0 bridgehead atoms. The minimum atomic E-state index is -0.243. The van der Waals surface area contributed by atoms with Crippen molar-refractivity contribution in [2.75, 3.05) is 44.7 Å². The quantitative estimate of drug-likeness (QED) is 0.694. The molecule has 1 aromatic heterocycles. The number of amides is 3. The Bertz CT molecular complexity index is 1020. The van der Waals surface area contributed by atoms with E-state index in [1.54, 1.807) is 11.0 Å². The molecule has 2 aromatic rings. The maximum absolute atomic E-state index is 12.9. The zero-order chi connectivity index (χ0) is 22.1. The number of piperazine rings is 1. The Morgan fingerprint density at radius 3 is 2.52 bits per heavy atom. The van der Waals surface area contributed by atoms with Gasteiger partial charge in [-0.15, -0.1) is 11.3 Å². The van der Waals surface area contributed by atoms with E-state index in [0.717, 1.165) is 41.2 Å². The highest BCUT2D eigenvalue weighted by atomic mass is 79.9. The first kappa shape index (κ1) is 22.0. The summed E-state index contributed by atoms with van der Waals surface area (Å²) >= 11 is 4.72. The first-order valence-electron chi connectivity index (χ1n) is 10.3. The highest BCUT2D eigenvalue weighted by Gasteiger charge is 2.32. The summed E-state index contributed by atoms with van der Waals surface area (Å²) in [5, 5.41) is 2.95. The molecule has 2 aliphatic heterocycles. The second kappa shape index (κ2) is 9.10. The number of nitrogens with zero attached hydrogens (tertiary/aromatic N) is 3. The normalized spacial score (nSPS) is 19.7. The van der Waals surface area contributed by atoms with Crippen LogP contribution in [0.2, 0.25) is 0 Å². The SMILES string of the molecule is Cc1cc(N2CC(NC(=O)c3ccc(Br)s3)CC2=O)ccc1C(=O)N1CCN(C)CC1. The largest absolute Gasteiger partial charge is 0.346 e. The van der Waals surface area contributed by atoms with Gasteiger partial charge in [0.05, 0.1) is 14.7 Å². The van der Waals surface area contributed by atoms with Gasteiger partial charge in [0.25, 0.3) is 11.8 Å². The Morgan fingerprint density at radius 1 is 1.13 bits per heavy atom. The third-order valence-corrected chi connectivity index (χ3v) is 7.42. The van der Waals surface area contributed by atoms with Gasteiger partial charge >= 0.3 is 0 Å². The first-order valence-corrected chi connectivity index (χ1v) is 11.9. The summed E-state index contributed by atoms with van der Waals surface area (Å²) in [6.45, 7) is 5.53. The molecule has 2 aliphatic rings. The Kier molecular flexibility index (Phi) is 6.45. The van der Waals surface area contributed by atoms with Crippen LogP contribution in [0.15, 0.2) is 34.1 Å². The van der Waals surface area contributed by atoms with Crippen molar-refractivity contribution < 1.29 is 14.4 Å². The van der Waals surface area contributed by atoms with E-state index in [0.29, 0.717) is 17.0 Å². The molecule has 3 heterocycles. The van der Waals surface area contributed by atoms with Crippen LogP contribution in [0.1, 0.15) is 32.0 Å². The van der Waals surface area contributed by atoms with Gasteiger partial charge in [-0.3, -0.25) is 14.4 Å². The van der Waals surface area contributed by atoms with Crippen LogP contribution in [0.25, 0.3) is 0 Å². The maximum atomic E-state index is 12.9. The molecule has 2 saturated heterocycles. The number of carbonyl (C=O) groups is 3. The van der Waals surface area contributed by atoms with Gasteiger partial charge in [0.1, 0.15) is 0 Å². The van der Waals surface area contributed by atoms with E-state index >= 15 is 0 Å². The predicted molar refractivity (Wildman–Crippen MR) is 125 cm³/mol. The second-order valence-electron chi connectivity index (χ2n) is 8.08. The van der Waals surface area contributed by atoms with Crippen LogP contribution in [0.5, 0.6) is 0 Å². The van der Waals surface area contributed by atoms with Crippen LogP contribution in [-0.2, 0) is 4.79 Å². The molecular weight excluding hydrogens is 480 g/mol. The van der Waals surface area contributed by atoms with Crippen molar-refractivity contribution in [1.82, 2.24) is 15.1 Å². The van der Waals surface area contributed by atoms with E-state index in [4.69, 9.17) is 0 Å². The molecule has 2 fully saturated rings. The number of carbonyl (C=O) groups excluding carboxylic acids is 3. The summed E-state index contributed by atoms with van der Waals surface area (Å²) in [4.78, 5) is 44.3. The third kappa shape index (κ3) is 4.83. The number of hydrogen-bond acceptors (Lipinski definition) is 5. The zero-order valence-electron chi connectivity index (χ0n) is 17.6. The lowest BCUT2D eigenvalue weighted by molar-refractivity contribution is -0.117. The summed E-state index contributed by atoms with van der Waals surface area (Å²) in [6, 6.07) is 8.88.